The van der Waals surface area contributed by atoms with Crippen molar-refractivity contribution in [2.24, 2.45) is 11.7 Å². The van der Waals surface area contributed by atoms with E-state index in [0.717, 1.165) is 24.3 Å². The Bertz CT molecular complexity index is 430. The number of hydrogen-bond donors (Lipinski definition) is 2. The van der Waals surface area contributed by atoms with Crippen LogP contribution >= 0.6 is 12.4 Å². The quantitative estimate of drug-likeness (QED) is 0.842. The van der Waals surface area contributed by atoms with Crippen molar-refractivity contribution >= 4 is 18.3 Å². The Morgan fingerprint density at radius 3 is 2.45 bits per heavy atom. The van der Waals surface area contributed by atoms with Crippen LogP contribution in [0.15, 0.2) is 30.3 Å². The Morgan fingerprint density at radius 1 is 1.23 bits per heavy atom. The fraction of sp³-hybridized carbons (Fsp3) is 0.611. The summed E-state index contributed by atoms with van der Waals surface area (Å²) in [6, 6.07) is 9.85. The lowest BCUT2D eigenvalue weighted by Gasteiger charge is -2.29. The first kappa shape index (κ1) is 19.0. The summed E-state index contributed by atoms with van der Waals surface area (Å²) in [7, 11) is 0. The molecule has 0 spiro atoms. The summed E-state index contributed by atoms with van der Waals surface area (Å²) in [5.74, 6) is 0.860. The molecule has 22 heavy (non-hydrogen) atoms. The van der Waals surface area contributed by atoms with Gasteiger partial charge in [-0.05, 0) is 43.6 Å². The van der Waals surface area contributed by atoms with E-state index in [1.165, 1.54) is 25.7 Å². The van der Waals surface area contributed by atoms with Crippen molar-refractivity contribution in [3.8, 4) is 0 Å². The van der Waals surface area contributed by atoms with Crippen molar-refractivity contribution < 1.29 is 4.79 Å². The number of rotatable bonds is 6. The van der Waals surface area contributed by atoms with Gasteiger partial charge in [-0.3, -0.25) is 4.79 Å². The SMILES string of the molecule is CCCC1CCC(NC(=O)C(N)Cc2ccccc2)CC1.Cl. The van der Waals surface area contributed by atoms with E-state index in [4.69, 9.17) is 5.73 Å². The van der Waals surface area contributed by atoms with Crippen LogP contribution in [0, 0.1) is 5.92 Å². The van der Waals surface area contributed by atoms with Gasteiger partial charge in [-0.25, -0.2) is 0 Å². The highest BCUT2D eigenvalue weighted by Crippen LogP contribution is 2.27. The third-order valence-corrected chi connectivity index (χ3v) is 4.53. The minimum absolute atomic E-state index is 0. The summed E-state index contributed by atoms with van der Waals surface area (Å²) in [4.78, 5) is 12.2. The number of carbonyl (C=O) groups excluding carboxylic acids is 1. The summed E-state index contributed by atoms with van der Waals surface area (Å²) >= 11 is 0. The maximum atomic E-state index is 12.2. The third kappa shape index (κ3) is 5.98. The Labute approximate surface area is 140 Å². The summed E-state index contributed by atoms with van der Waals surface area (Å²) < 4.78 is 0. The highest BCUT2D eigenvalue weighted by atomic mass is 35.5. The molecule has 3 N–H and O–H groups in total. The predicted octanol–water partition coefficient (Wildman–Crippen LogP) is 3.45. The summed E-state index contributed by atoms with van der Waals surface area (Å²) in [5.41, 5.74) is 7.15. The molecular formula is C18H29ClN2O. The first-order chi connectivity index (χ1) is 10.2. The second-order valence-electron chi connectivity index (χ2n) is 6.31. The molecule has 0 radical (unpaired) electrons. The second-order valence-corrected chi connectivity index (χ2v) is 6.31. The van der Waals surface area contributed by atoms with Crippen molar-refractivity contribution in [1.29, 1.82) is 0 Å². The fourth-order valence-corrected chi connectivity index (χ4v) is 3.27. The van der Waals surface area contributed by atoms with E-state index in [2.05, 4.69) is 12.2 Å². The molecule has 1 unspecified atom stereocenters. The number of nitrogens with one attached hydrogen (secondary N) is 1. The molecular weight excluding hydrogens is 296 g/mol. The largest absolute Gasteiger partial charge is 0.352 e. The molecule has 1 aromatic carbocycles. The number of halogens is 1. The first-order valence-corrected chi connectivity index (χ1v) is 8.29. The van der Waals surface area contributed by atoms with Crippen LogP contribution in [0.1, 0.15) is 51.0 Å². The molecule has 1 fully saturated rings. The maximum absolute atomic E-state index is 12.2. The van der Waals surface area contributed by atoms with E-state index in [9.17, 15) is 4.79 Å². The molecule has 1 amide bonds. The van der Waals surface area contributed by atoms with Crippen LogP contribution in [-0.4, -0.2) is 18.0 Å². The van der Waals surface area contributed by atoms with E-state index >= 15 is 0 Å². The van der Waals surface area contributed by atoms with Gasteiger partial charge in [-0.15, -0.1) is 12.4 Å². The average Bonchev–Trinajstić information content (AvgIpc) is 2.50. The van der Waals surface area contributed by atoms with Crippen LogP contribution in [0.5, 0.6) is 0 Å². The monoisotopic (exact) mass is 324 g/mol. The van der Waals surface area contributed by atoms with Crippen molar-refractivity contribution in [2.75, 3.05) is 0 Å². The van der Waals surface area contributed by atoms with E-state index in [1.807, 2.05) is 30.3 Å². The molecule has 2 rings (SSSR count). The van der Waals surface area contributed by atoms with Gasteiger partial charge in [-0.2, -0.15) is 0 Å². The van der Waals surface area contributed by atoms with Crippen LogP contribution in [0.3, 0.4) is 0 Å². The van der Waals surface area contributed by atoms with E-state index in [-0.39, 0.29) is 18.3 Å². The normalized spacial score (nSPS) is 22.5. The van der Waals surface area contributed by atoms with Crippen LogP contribution in [0.2, 0.25) is 0 Å². The highest BCUT2D eigenvalue weighted by Gasteiger charge is 2.23. The number of carbonyl (C=O) groups is 1. The van der Waals surface area contributed by atoms with Gasteiger partial charge in [0.15, 0.2) is 0 Å². The van der Waals surface area contributed by atoms with Gasteiger partial charge >= 0.3 is 0 Å². The van der Waals surface area contributed by atoms with Gasteiger partial charge in [0.1, 0.15) is 0 Å². The predicted molar refractivity (Wildman–Crippen MR) is 94.2 cm³/mol. The van der Waals surface area contributed by atoms with E-state index in [0.29, 0.717) is 12.5 Å². The Balaban J connectivity index is 0.00000242. The van der Waals surface area contributed by atoms with Crippen molar-refractivity contribution in [1.82, 2.24) is 5.32 Å². The number of benzene rings is 1. The zero-order chi connectivity index (χ0) is 15.1. The minimum atomic E-state index is -0.444. The first-order valence-electron chi connectivity index (χ1n) is 8.29. The van der Waals surface area contributed by atoms with Gasteiger partial charge in [0.05, 0.1) is 6.04 Å². The lowest BCUT2D eigenvalue weighted by molar-refractivity contribution is -0.123. The minimum Gasteiger partial charge on any atom is -0.352 e. The van der Waals surface area contributed by atoms with Crippen LogP contribution in [-0.2, 0) is 11.2 Å². The molecule has 0 aliphatic heterocycles. The summed E-state index contributed by atoms with van der Waals surface area (Å²) in [6.45, 7) is 2.25. The second kappa shape index (κ2) is 9.86. The van der Waals surface area contributed by atoms with Crippen LogP contribution in [0.4, 0.5) is 0 Å². The maximum Gasteiger partial charge on any atom is 0.237 e. The van der Waals surface area contributed by atoms with Gasteiger partial charge in [0.2, 0.25) is 5.91 Å². The zero-order valence-electron chi connectivity index (χ0n) is 13.5. The molecule has 0 heterocycles. The highest BCUT2D eigenvalue weighted by molar-refractivity contribution is 5.85. The van der Waals surface area contributed by atoms with Crippen molar-refractivity contribution in [2.45, 2.75) is 64.0 Å². The van der Waals surface area contributed by atoms with E-state index in [1.54, 1.807) is 0 Å². The molecule has 1 aliphatic carbocycles. The lowest BCUT2D eigenvalue weighted by Crippen LogP contribution is -2.47. The standard InChI is InChI=1S/C18H28N2O.ClH/c1-2-6-14-9-11-16(12-10-14)20-18(21)17(19)13-15-7-4-3-5-8-15;/h3-5,7-8,14,16-17H,2,6,9-13,19H2,1H3,(H,20,21);1H. The molecule has 1 aliphatic rings. The molecule has 0 bridgehead atoms. The zero-order valence-corrected chi connectivity index (χ0v) is 14.3. The summed E-state index contributed by atoms with van der Waals surface area (Å²) in [6.07, 6.45) is 7.90. The van der Waals surface area contributed by atoms with Gasteiger partial charge in [0.25, 0.3) is 0 Å². The molecule has 0 aromatic heterocycles. The van der Waals surface area contributed by atoms with Gasteiger partial charge in [-0.1, -0.05) is 50.1 Å². The molecule has 1 aromatic rings. The molecule has 0 saturated heterocycles. The smallest absolute Gasteiger partial charge is 0.237 e. The number of nitrogens with two attached hydrogens (primary N) is 1. The van der Waals surface area contributed by atoms with Gasteiger partial charge < -0.3 is 11.1 Å². The topological polar surface area (TPSA) is 55.1 Å². The molecule has 3 nitrogen and oxygen atoms in total. The Hall–Kier alpha value is -1.06. The number of amides is 1. The Morgan fingerprint density at radius 2 is 1.86 bits per heavy atom. The Kier molecular flexibility index (Phi) is 8.51. The average molecular weight is 325 g/mol. The van der Waals surface area contributed by atoms with E-state index < -0.39 is 6.04 Å². The van der Waals surface area contributed by atoms with Crippen LogP contribution < -0.4 is 11.1 Å². The van der Waals surface area contributed by atoms with Crippen molar-refractivity contribution in [3.63, 3.8) is 0 Å². The molecule has 4 heteroatoms. The number of hydrogen-bond acceptors (Lipinski definition) is 2. The lowest BCUT2D eigenvalue weighted by atomic mass is 9.83. The van der Waals surface area contributed by atoms with Crippen molar-refractivity contribution in [3.05, 3.63) is 35.9 Å². The molecule has 1 atom stereocenters. The molecule has 1 saturated carbocycles. The van der Waals surface area contributed by atoms with Gasteiger partial charge in [0, 0.05) is 6.04 Å². The fourth-order valence-electron chi connectivity index (χ4n) is 3.27. The summed E-state index contributed by atoms with van der Waals surface area (Å²) in [5, 5.41) is 3.14. The third-order valence-electron chi connectivity index (χ3n) is 4.53. The van der Waals surface area contributed by atoms with Crippen LogP contribution in [0.25, 0.3) is 0 Å². The molecule has 124 valence electrons.